The second kappa shape index (κ2) is 9.55. The Morgan fingerprint density at radius 3 is 2.57 bits per heavy atom. The van der Waals surface area contributed by atoms with Gasteiger partial charge in [0.2, 0.25) is 5.17 Å². The molecule has 1 amide bonds. The first-order chi connectivity index (χ1) is 18.1. The average molecular weight is 506 g/mol. The predicted molar refractivity (Wildman–Crippen MR) is 149 cm³/mol. The number of benzene rings is 3. The van der Waals surface area contributed by atoms with E-state index in [0.29, 0.717) is 23.4 Å². The second-order valence-electron chi connectivity index (χ2n) is 8.75. The Balaban J connectivity index is 1.29. The minimum atomic E-state index is -0.437. The highest BCUT2D eigenvalue weighted by molar-refractivity contribution is 8.27. The van der Waals surface area contributed by atoms with Gasteiger partial charge in [-0.15, -0.1) is 0 Å². The number of carbonyl (C=O) groups excluding carboxylic acids is 1. The number of para-hydroxylation sites is 2. The first kappa shape index (κ1) is 23.0. The fraction of sp³-hybridized carbons (Fsp3) is 0.103. The molecular weight excluding hydrogens is 482 g/mol. The molecule has 4 aromatic rings. The van der Waals surface area contributed by atoms with E-state index in [1.54, 1.807) is 6.08 Å². The summed E-state index contributed by atoms with van der Waals surface area (Å²) in [5.41, 5.74) is 4.17. The lowest BCUT2D eigenvalue weighted by molar-refractivity contribution is -0.114. The summed E-state index contributed by atoms with van der Waals surface area (Å²) in [6, 6.07) is 25.7. The standard InChI is InChI=1S/C29H23N5O2S/c1-19-11-13-20(14-12-19)28-32-34-26(30)24(27(35)31-29(34)37-28)17-21-18-33(25-10-6-5-9-23(21)25)15-16-36-22-7-3-2-4-8-22/h2-14,17-18,30H,15-16H2,1H3/b24-17-,30-26?. The fourth-order valence-electron chi connectivity index (χ4n) is 4.31. The molecule has 0 fully saturated rings. The van der Waals surface area contributed by atoms with E-state index in [1.807, 2.05) is 92.0 Å². The number of fused-ring (bicyclic) bond motifs is 2. The molecule has 0 saturated heterocycles. The van der Waals surface area contributed by atoms with Crippen molar-refractivity contribution in [2.75, 3.05) is 6.61 Å². The number of carbonyl (C=O) groups is 1. The van der Waals surface area contributed by atoms with E-state index in [2.05, 4.69) is 14.7 Å². The van der Waals surface area contributed by atoms with Crippen LogP contribution in [0.15, 0.2) is 101 Å². The molecule has 2 aliphatic heterocycles. The molecule has 0 unspecified atom stereocenters. The van der Waals surface area contributed by atoms with Crippen LogP contribution in [0.4, 0.5) is 0 Å². The quantitative estimate of drug-likeness (QED) is 0.341. The van der Waals surface area contributed by atoms with Gasteiger partial charge in [-0.3, -0.25) is 10.2 Å². The maximum Gasteiger partial charge on any atom is 0.283 e. The van der Waals surface area contributed by atoms with Gasteiger partial charge in [0.15, 0.2) is 5.84 Å². The molecule has 182 valence electrons. The molecule has 0 saturated carbocycles. The molecule has 1 N–H and O–H groups in total. The third-order valence-corrected chi connectivity index (χ3v) is 7.17. The van der Waals surface area contributed by atoms with Gasteiger partial charge in [-0.05, 0) is 43.0 Å². The highest BCUT2D eigenvalue weighted by Crippen LogP contribution is 2.32. The Morgan fingerprint density at radius 1 is 1.00 bits per heavy atom. The number of rotatable bonds is 6. The van der Waals surface area contributed by atoms with Crippen LogP contribution in [0.1, 0.15) is 16.7 Å². The van der Waals surface area contributed by atoms with E-state index in [4.69, 9.17) is 10.1 Å². The fourth-order valence-corrected chi connectivity index (χ4v) is 5.21. The third kappa shape index (κ3) is 4.47. The number of hydrogen-bond acceptors (Lipinski definition) is 5. The summed E-state index contributed by atoms with van der Waals surface area (Å²) in [6.07, 6.45) is 3.73. The van der Waals surface area contributed by atoms with Gasteiger partial charge in [-0.25, -0.2) is 0 Å². The lowest BCUT2D eigenvalue weighted by Crippen LogP contribution is -2.35. The van der Waals surface area contributed by atoms with Crippen LogP contribution in [-0.4, -0.2) is 38.1 Å². The van der Waals surface area contributed by atoms with E-state index < -0.39 is 5.91 Å². The second-order valence-corrected chi connectivity index (χ2v) is 9.70. The number of thioether (sulfide) groups is 1. The van der Waals surface area contributed by atoms with Crippen LogP contribution in [0.2, 0.25) is 0 Å². The maximum absolute atomic E-state index is 13.0. The number of hydrazone groups is 1. The number of nitrogens with one attached hydrogen (secondary N) is 1. The van der Waals surface area contributed by atoms with Gasteiger partial charge in [-0.2, -0.15) is 15.1 Å². The Morgan fingerprint density at radius 2 is 1.76 bits per heavy atom. The van der Waals surface area contributed by atoms with Crippen LogP contribution in [0.3, 0.4) is 0 Å². The summed E-state index contributed by atoms with van der Waals surface area (Å²) < 4.78 is 7.99. The van der Waals surface area contributed by atoms with E-state index in [-0.39, 0.29) is 11.4 Å². The van der Waals surface area contributed by atoms with Crippen molar-refractivity contribution in [3.05, 3.63) is 107 Å². The van der Waals surface area contributed by atoms with Gasteiger partial charge in [-0.1, -0.05) is 66.2 Å². The van der Waals surface area contributed by atoms with Crippen LogP contribution in [0.5, 0.6) is 5.75 Å². The number of aryl methyl sites for hydroxylation is 1. The lowest BCUT2D eigenvalue weighted by atomic mass is 10.1. The zero-order chi connectivity index (χ0) is 25.4. The molecule has 1 aromatic heterocycles. The molecule has 2 aliphatic rings. The van der Waals surface area contributed by atoms with Crippen molar-refractivity contribution in [2.24, 2.45) is 10.1 Å². The van der Waals surface area contributed by atoms with Crippen molar-refractivity contribution in [1.82, 2.24) is 9.58 Å². The number of aromatic nitrogens is 1. The van der Waals surface area contributed by atoms with E-state index in [1.165, 1.54) is 16.8 Å². The zero-order valence-corrected chi connectivity index (χ0v) is 20.9. The molecule has 6 rings (SSSR count). The minimum absolute atomic E-state index is 0.0221. The molecule has 0 radical (unpaired) electrons. The molecule has 3 aromatic carbocycles. The van der Waals surface area contributed by atoms with Gasteiger partial charge in [0.1, 0.15) is 17.4 Å². The van der Waals surface area contributed by atoms with E-state index >= 15 is 0 Å². The van der Waals surface area contributed by atoms with Crippen LogP contribution in [0.25, 0.3) is 17.0 Å². The number of ether oxygens (including phenoxy) is 1. The Labute approximate surface area is 218 Å². The predicted octanol–water partition coefficient (Wildman–Crippen LogP) is 5.70. The van der Waals surface area contributed by atoms with Crippen LogP contribution in [0, 0.1) is 12.3 Å². The maximum atomic E-state index is 13.0. The highest BCUT2D eigenvalue weighted by atomic mass is 32.2. The van der Waals surface area contributed by atoms with Crippen molar-refractivity contribution in [3.8, 4) is 5.75 Å². The number of amidine groups is 2. The molecule has 0 spiro atoms. The molecule has 8 heteroatoms. The summed E-state index contributed by atoms with van der Waals surface area (Å²) in [7, 11) is 0. The normalized spacial score (nSPS) is 16.2. The Hall–Kier alpha value is -4.43. The third-order valence-electron chi connectivity index (χ3n) is 6.22. The SMILES string of the molecule is Cc1ccc(C2=NN3C(=N)/C(=C/c4cn(CCOc5ccccc5)c5ccccc45)C(=O)N=C3S2)cc1. The summed E-state index contributed by atoms with van der Waals surface area (Å²) in [5.74, 6) is 0.410. The summed E-state index contributed by atoms with van der Waals surface area (Å²) in [5, 5.41) is 16.9. The van der Waals surface area contributed by atoms with E-state index in [0.717, 1.165) is 33.3 Å². The smallest absolute Gasteiger partial charge is 0.283 e. The van der Waals surface area contributed by atoms with Crippen LogP contribution < -0.4 is 4.74 Å². The Kier molecular flexibility index (Phi) is 5.94. The highest BCUT2D eigenvalue weighted by Gasteiger charge is 2.36. The van der Waals surface area contributed by atoms with Crippen molar-refractivity contribution in [2.45, 2.75) is 13.5 Å². The average Bonchev–Trinajstić information content (AvgIpc) is 3.49. The number of nitrogens with zero attached hydrogens (tertiary/aromatic N) is 4. The van der Waals surface area contributed by atoms with Crippen molar-refractivity contribution in [3.63, 3.8) is 0 Å². The van der Waals surface area contributed by atoms with Gasteiger partial charge in [0, 0.05) is 28.2 Å². The lowest BCUT2D eigenvalue weighted by Gasteiger charge is -2.20. The molecule has 0 aliphatic carbocycles. The largest absolute Gasteiger partial charge is 0.492 e. The van der Waals surface area contributed by atoms with Crippen molar-refractivity contribution >= 4 is 50.7 Å². The summed E-state index contributed by atoms with van der Waals surface area (Å²) in [4.78, 5) is 17.2. The number of amides is 1. The van der Waals surface area contributed by atoms with E-state index in [9.17, 15) is 4.79 Å². The summed E-state index contributed by atoms with van der Waals surface area (Å²) in [6.45, 7) is 3.17. The molecule has 3 heterocycles. The molecule has 0 bridgehead atoms. The molecule has 7 nitrogen and oxygen atoms in total. The minimum Gasteiger partial charge on any atom is -0.492 e. The van der Waals surface area contributed by atoms with Crippen LogP contribution >= 0.6 is 11.8 Å². The van der Waals surface area contributed by atoms with Crippen molar-refractivity contribution < 1.29 is 9.53 Å². The summed E-state index contributed by atoms with van der Waals surface area (Å²) >= 11 is 1.30. The number of hydrogen-bond donors (Lipinski definition) is 1. The van der Waals surface area contributed by atoms with Crippen molar-refractivity contribution in [1.29, 1.82) is 5.41 Å². The molecular formula is C29H23N5O2S. The van der Waals surface area contributed by atoms with Gasteiger partial charge >= 0.3 is 0 Å². The van der Waals surface area contributed by atoms with Gasteiger partial charge < -0.3 is 9.30 Å². The molecule has 0 atom stereocenters. The number of aliphatic imine (C=N–C) groups is 1. The van der Waals surface area contributed by atoms with Gasteiger partial charge in [0.25, 0.3) is 5.91 Å². The monoisotopic (exact) mass is 505 g/mol. The topological polar surface area (TPSA) is 83.0 Å². The first-order valence-corrected chi connectivity index (χ1v) is 12.7. The molecule has 37 heavy (non-hydrogen) atoms. The van der Waals surface area contributed by atoms with Gasteiger partial charge in [0.05, 0.1) is 12.1 Å². The zero-order valence-electron chi connectivity index (χ0n) is 20.1. The first-order valence-electron chi connectivity index (χ1n) is 11.9. The van der Waals surface area contributed by atoms with Crippen LogP contribution in [-0.2, 0) is 11.3 Å². The Bertz CT molecular complexity index is 1620.